The van der Waals surface area contributed by atoms with E-state index >= 15 is 0 Å². The first kappa shape index (κ1) is 9.86. The van der Waals surface area contributed by atoms with Gasteiger partial charge in [0, 0.05) is 11.9 Å². The summed E-state index contributed by atoms with van der Waals surface area (Å²) in [6.07, 6.45) is 2.70. The lowest BCUT2D eigenvalue weighted by Crippen LogP contribution is -2.09. The lowest BCUT2D eigenvalue weighted by molar-refractivity contribution is 0.873. The van der Waals surface area contributed by atoms with Crippen molar-refractivity contribution in [2.75, 3.05) is 18.4 Å². The number of benzene rings is 1. The zero-order valence-electron chi connectivity index (χ0n) is 8.48. The number of fused-ring (bicyclic) bond motifs is 1. The number of aromatic nitrogens is 2. The second-order valence-corrected chi connectivity index (χ2v) is 3.34. The first-order chi connectivity index (χ1) is 7.42. The Balaban J connectivity index is 2.26. The predicted molar refractivity (Wildman–Crippen MR) is 61.7 cm³/mol. The molecule has 0 atom stereocenters. The third kappa shape index (κ3) is 2.22. The molecule has 0 fully saturated rings. The van der Waals surface area contributed by atoms with Crippen LogP contribution in [-0.4, -0.2) is 23.3 Å². The summed E-state index contributed by atoms with van der Waals surface area (Å²) in [5.74, 6) is 0. The molecule has 1 heterocycles. The van der Waals surface area contributed by atoms with Crippen LogP contribution in [-0.2, 0) is 0 Å². The fourth-order valence-electron chi connectivity index (χ4n) is 1.47. The lowest BCUT2D eigenvalue weighted by Gasteiger charge is -2.07. The van der Waals surface area contributed by atoms with Gasteiger partial charge in [-0.1, -0.05) is 18.2 Å². The van der Waals surface area contributed by atoms with E-state index in [2.05, 4.69) is 15.5 Å². The number of nitrogens with one attached hydrogen (secondary N) is 1. The summed E-state index contributed by atoms with van der Waals surface area (Å²) in [6.45, 7) is 1.57. The largest absolute Gasteiger partial charge is 0.383 e. The summed E-state index contributed by atoms with van der Waals surface area (Å²) in [7, 11) is 0. The van der Waals surface area contributed by atoms with Crippen molar-refractivity contribution in [3.8, 4) is 0 Å². The zero-order chi connectivity index (χ0) is 10.5. The van der Waals surface area contributed by atoms with Crippen molar-refractivity contribution < 1.29 is 0 Å². The molecule has 0 aliphatic heterocycles. The topological polar surface area (TPSA) is 63.8 Å². The van der Waals surface area contributed by atoms with E-state index in [0.717, 1.165) is 29.6 Å². The molecule has 0 aliphatic rings. The van der Waals surface area contributed by atoms with Gasteiger partial charge in [-0.3, -0.25) is 0 Å². The maximum atomic E-state index is 5.44. The fourth-order valence-corrected chi connectivity index (χ4v) is 1.47. The molecule has 2 rings (SSSR count). The standard InChI is InChI=1S/C11H14N4/c12-6-3-7-13-11-8-14-15-10-5-2-1-4-9(10)11/h1-2,4-5,8H,3,6-7,12H2,(H,13,15). The molecule has 1 aromatic carbocycles. The van der Waals surface area contributed by atoms with Crippen LogP contribution in [0.5, 0.6) is 0 Å². The normalized spacial score (nSPS) is 10.5. The van der Waals surface area contributed by atoms with Gasteiger partial charge in [-0.15, -0.1) is 0 Å². The van der Waals surface area contributed by atoms with Crippen LogP contribution in [0, 0.1) is 0 Å². The van der Waals surface area contributed by atoms with Gasteiger partial charge in [0.25, 0.3) is 0 Å². The van der Waals surface area contributed by atoms with Crippen molar-refractivity contribution in [3.63, 3.8) is 0 Å². The van der Waals surface area contributed by atoms with E-state index in [9.17, 15) is 0 Å². The number of nitrogens with zero attached hydrogens (tertiary/aromatic N) is 2. The van der Waals surface area contributed by atoms with Crippen molar-refractivity contribution >= 4 is 16.6 Å². The van der Waals surface area contributed by atoms with Gasteiger partial charge in [0.1, 0.15) is 0 Å². The fraction of sp³-hybridized carbons (Fsp3) is 0.273. The van der Waals surface area contributed by atoms with Gasteiger partial charge >= 0.3 is 0 Å². The molecule has 78 valence electrons. The van der Waals surface area contributed by atoms with E-state index in [1.54, 1.807) is 6.20 Å². The van der Waals surface area contributed by atoms with Crippen LogP contribution in [0.2, 0.25) is 0 Å². The maximum Gasteiger partial charge on any atom is 0.0950 e. The molecule has 4 nitrogen and oxygen atoms in total. The second kappa shape index (κ2) is 4.70. The van der Waals surface area contributed by atoms with Crippen molar-refractivity contribution in [2.45, 2.75) is 6.42 Å². The third-order valence-electron chi connectivity index (χ3n) is 2.24. The molecule has 4 heteroatoms. The number of nitrogens with two attached hydrogens (primary N) is 1. The van der Waals surface area contributed by atoms with E-state index < -0.39 is 0 Å². The van der Waals surface area contributed by atoms with Gasteiger partial charge in [-0.2, -0.15) is 10.2 Å². The Kier molecular flexibility index (Phi) is 3.09. The Hall–Kier alpha value is -1.68. The highest BCUT2D eigenvalue weighted by atomic mass is 15.1. The number of hydrogen-bond donors (Lipinski definition) is 2. The first-order valence-corrected chi connectivity index (χ1v) is 5.06. The highest BCUT2D eigenvalue weighted by Crippen LogP contribution is 2.19. The third-order valence-corrected chi connectivity index (χ3v) is 2.24. The molecule has 0 radical (unpaired) electrons. The molecule has 0 aliphatic carbocycles. The van der Waals surface area contributed by atoms with Gasteiger partial charge in [0.2, 0.25) is 0 Å². The minimum atomic E-state index is 0.698. The minimum absolute atomic E-state index is 0.698. The number of rotatable bonds is 4. The van der Waals surface area contributed by atoms with E-state index in [1.807, 2.05) is 24.3 Å². The summed E-state index contributed by atoms with van der Waals surface area (Å²) in [4.78, 5) is 0. The Labute approximate surface area is 88.5 Å². The molecule has 2 aromatic rings. The average Bonchev–Trinajstić information content (AvgIpc) is 2.30. The van der Waals surface area contributed by atoms with E-state index in [-0.39, 0.29) is 0 Å². The molecular weight excluding hydrogens is 188 g/mol. The van der Waals surface area contributed by atoms with Crippen molar-refractivity contribution in [1.29, 1.82) is 0 Å². The number of anilines is 1. The molecule has 0 amide bonds. The van der Waals surface area contributed by atoms with Crippen LogP contribution in [0.4, 0.5) is 5.69 Å². The van der Waals surface area contributed by atoms with Crippen molar-refractivity contribution in [3.05, 3.63) is 30.5 Å². The molecule has 0 unspecified atom stereocenters. The smallest absolute Gasteiger partial charge is 0.0950 e. The monoisotopic (exact) mass is 202 g/mol. The highest BCUT2D eigenvalue weighted by Gasteiger charge is 2.00. The summed E-state index contributed by atoms with van der Waals surface area (Å²) >= 11 is 0. The van der Waals surface area contributed by atoms with Crippen LogP contribution >= 0.6 is 0 Å². The molecule has 3 N–H and O–H groups in total. The molecule has 0 spiro atoms. The van der Waals surface area contributed by atoms with Gasteiger partial charge in [0.15, 0.2) is 0 Å². The van der Waals surface area contributed by atoms with Crippen LogP contribution in [0.25, 0.3) is 10.9 Å². The van der Waals surface area contributed by atoms with E-state index in [0.29, 0.717) is 6.54 Å². The number of hydrogen-bond acceptors (Lipinski definition) is 4. The van der Waals surface area contributed by atoms with E-state index in [4.69, 9.17) is 5.73 Å². The van der Waals surface area contributed by atoms with Gasteiger partial charge in [-0.05, 0) is 19.0 Å². The quantitative estimate of drug-likeness (QED) is 0.735. The van der Waals surface area contributed by atoms with Crippen LogP contribution in [0.15, 0.2) is 30.5 Å². The van der Waals surface area contributed by atoms with Gasteiger partial charge in [0.05, 0.1) is 17.4 Å². The first-order valence-electron chi connectivity index (χ1n) is 5.06. The Morgan fingerprint density at radius 3 is 3.00 bits per heavy atom. The molecule has 0 saturated heterocycles. The van der Waals surface area contributed by atoms with Gasteiger partial charge in [-0.25, -0.2) is 0 Å². The van der Waals surface area contributed by atoms with Crippen LogP contribution < -0.4 is 11.1 Å². The SMILES string of the molecule is NCCCNc1cnnc2ccccc12. The summed E-state index contributed by atoms with van der Waals surface area (Å²) in [5.41, 5.74) is 7.37. The summed E-state index contributed by atoms with van der Waals surface area (Å²) in [6, 6.07) is 7.95. The van der Waals surface area contributed by atoms with Gasteiger partial charge < -0.3 is 11.1 Å². The Bertz CT molecular complexity index is 436. The Morgan fingerprint density at radius 2 is 2.13 bits per heavy atom. The zero-order valence-corrected chi connectivity index (χ0v) is 8.48. The lowest BCUT2D eigenvalue weighted by atomic mass is 10.2. The van der Waals surface area contributed by atoms with Crippen molar-refractivity contribution in [2.24, 2.45) is 5.73 Å². The molecule has 1 aromatic heterocycles. The van der Waals surface area contributed by atoms with E-state index in [1.165, 1.54) is 0 Å². The molecular formula is C11H14N4. The summed E-state index contributed by atoms with van der Waals surface area (Å²) < 4.78 is 0. The molecule has 15 heavy (non-hydrogen) atoms. The highest BCUT2D eigenvalue weighted by molar-refractivity contribution is 5.90. The summed E-state index contributed by atoms with van der Waals surface area (Å²) in [5, 5.41) is 12.4. The second-order valence-electron chi connectivity index (χ2n) is 3.34. The molecule has 0 saturated carbocycles. The van der Waals surface area contributed by atoms with Crippen LogP contribution in [0.1, 0.15) is 6.42 Å². The maximum absolute atomic E-state index is 5.44. The average molecular weight is 202 g/mol. The minimum Gasteiger partial charge on any atom is -0.383 e. The van der Waals surface area contributed by atoms with Crippen molar-refractivity contribution in [1.82, 2.24) is 10.2 Å². The Morgan fingerprint density at radius 1 is 1.27 bits per heavy atom. The predicted octanol–water partition coefficient (Wildman–Crippen LogP) is 1.39. The van der Waals surface area contributed by atoms with Crippen LogP contribution in [0.3, 0.4) is 0 Å². The molecule has 0 bridgehead atoms.